The monoisotopic (exact) mass is 357 g/mol. The number of hydrogen-bond acceptors (Lipinski definition) is 4. The molecule has 1 aliphatic heterocycles. The molecule has 0 atom stereocenters. The predicted octanol–water partition coefficient (Wildman–Crippen LogP) is 4.07. The molecule has 2 aliphatic rings. The Kier molecular flexibility index (Phi) is 4.25. The fraction of sp³-hybridized carbons (Fsp3) is 0.450. The van der Waals surface area contributed by atoms with E-state index in [0.29, 0.717) is 16.3 Å². The van der Waals surface area contributed by atoms with Crippen molar-refractivity contribution in [3.8, 4) is 11.8 Å². The summed E-state index contributed by atoms with van der Waals surface area (Å²) >= 11 is 6.14. The van der Waals surface area contributed by atoms with E-state index in [9.17, 15) is 0 Å². The Labute approximate surface area is 154 Å². The number of nitriles is 1. The maximum atomic E-state index is 9.02. The van der Waals surface area contributed by atoms with E-state index < -0.39 is 0 Å². The van der Waals surface area contributed by atoms with Crippen LogP contribution >= 0.6 is 11.6 Å². The van der Waals surface area contributed by atoms with Crippen molar-refractivity contribution < 1.29 is 4.74 Å². The van der Waals surface area contributed by atoms with E-state index in [4.69, 9.17) is 27.3 Å². The van der Waals surface area contributed by atoms with Crippen molar-refractivity contribution in [3.63, 3.8) is 0 Å². The number of halogens is 1. The Morgan fingerprint density at radius 3 is 2.52 bits per heavy atom. The van der Waals surface area contributed by atoms with Crippen molar-refractivity contribution in [1.82, 2.24) is 4.90 Å². The minimum absolute atomic E-state index is 0.00714. The number of allylic oxidation sites excluding steroid dienone is 2. The van der Waals surface area contributed by atoms with Gasteiger partial charge in [0, 0.05) is 29.5 Å². The molecule has 1 saturated carbocycles. The van der Waals surface area contributed by atoms with Crippen LogP contribution in [0.4, 0.5) is 0 Å². The zero-order valence-electron chi connectivity index (χ0n) is 15.1. The molecule has 0 bridgehead atoms. The Morgan fingerprint density at radius 1 is 1.28 bits per heavy atom. The third-order valence-corrected chi connectivity index (χ3v) is 5.74. The van der Waals surface area contributed by atoms with E-state index in [2.05, 4.69) is 44.7 Å². The summed E-state index contributed by atoms with van der Waals surface area (Å²) in [7, 11) is 0. The number of ether oxygens (including phenoxy) is 1. The van der Waals surface area contributed by atoms with Crippen LogP contribution in [0.5, 0.6) is 5.75 Å². The summed E-state index contributed by atoms with van der Waals surface area (Å²) in [6.07, 6.45) is 6.08. The van der Waals surface area contributed by atoms with Crippen LogP contribution in [0, 0.1) is 22.2 Å². The summed E-state index contributed by atoms with van der Waals surface area (Å²) in [6.45, 7) is 9.67. The summed E-state index contributed by atoms with van der Waals surface area (Å²) in [4.78, 5) is 2.26. The number of nitrogens with two attached hydrogens (primary N) is 1. The normalized spacial score (nSPS) is 26.4. The van der Waals surface area contributed by atoms with Crippen LogP contribution in [0.15, 0.2) is 42.2 Å². The first-order valence-corrected chi connectivity index (χ1v) is 8.82. The van der Waals surface area contributed by atoms with Crippen molar-refractivity contribution in [2.24, 2.45) is 16.6 Å². The van der Waals surface area contributed by atoms with Gasteiger partial charge in [-0.1, -0.05) is 51.4 Å². The molecule has 1 aromatic carbocycles. The molecule has 0 spiro atoms. The lowest BCUT2D eigenvalue weighted by Gasteiger charge is -2.66. The molecule has 25 heavy (non-hydrogen) atoms. The lowest BCUT2D eigenvalue weighted by atomic mass is 9.48. The van der Waals surface area contributed by atoms with Gasteiger partial charge in [-0.3, -0.25) is 0 Å². The summed E-state index contributed by atoms with van der Waals surface area (Å²) in [6, 6.07) is 7.56. The maximum absolute atomic E-state index is 9.02. The molecule has 0 aromatic heterocycles. The Morgan fingerprint density at radius 2 is 1.96 bits per heavy atom. The molecule has 1 heterocycles. The van der Waals surface area contributed by atoms with E-state index in [-0.39, 0.29) is 23.0 Å². The minimum atomic E-state index is -0.0898. The van der Waals surface area contributed by atoms with Crippen LogP contribution in [-0.2, 0) is 0 Å². The molecule has 0 saturated heterocycles. The zero-order chi connectivity index (χ0) is 18.4. The maximum Gasteiger partial charge on any atom is 0.121 e. The summed E-state index contributed by atoms with van der Waals surface area (Å²) in [5.74, 6) is 1.49. The van der Waals surface area contributed by atoms with Gasteiger partial charge in [-0.15, -0.1) is 0 Å². The number of nitrogens with zero attached hydrogens (tertiary/aromatic N) is 2. The second kappa shape index (κ2) is 6.00. The van der Waals surface area contributed by atoms with Gasteiger partial charge in [0.15, 0.2) is 0 Å². The molecule has 2 N–H and O–H groups in total. The highest BCUT2D eigenvalue weighted by Crippen LogP contribution is 2.58. The fourth-order valence-electron chi connectivity index (χ4n) is 4.81. The largest absolute Gasteiger partial charge is 0.489 e. The van der Waals surface area contributed by atoms with Crippen molar-refractivity contribution in [1.29, 1.82) is 5.26 Å². The van der Waals surface area contributed by atoms with Gasteiger partial charge in [-0.05, 0) is 18.2 Å². The van der Waals surface area contributed by atoms with Gasteiger partial charge in [-0.25, -0.2) is 0 Å². The molecule has 3 rings (SSSR count). The van der Waals surface area contributed by atoms with Crippen LogP contribution in [0.25, 0.3) is 0 Å². The molecule has 0 amide bonds. The topological polar surface area (TPSA) is 62.3 Å². The second-order valence-corrected chi connectivity index (χ2v) is 8.38. The molecule has 1 aromatic rings. The average molecular weight is 358 g/mol. The van der Waals surface area contributed by atoms with Gasteiger partial charge < -0.3 is 15.4 Å². The molecule has 5 heteroatoms. The van der Waals surface area contributed by atoms with E-state index in [1.54, 1.807) is 12.1 Å². The van der Waals surface area contributed by atoms with Gasteiger partial charge in [-0.2, -0.15) is 5.26 Å². The van der Waals surface area contributed by atoms with Crippen molar-refractivity contribution in [2.75, 3.05) is 6.54 Å². The van der Waals surface area contributed by atoms with Gasteiger partial charge in [0.2, 0.25) is 0 Å². The molecule has 0 unspecified atom stereocenters. The highest BCUT2D eigenvalue weighted by Gasteiger charge is 2.65. The number of rotatable bonds is 3. The number of hydrogen-bond donors (Lipinski definition) is 1. The highest BCUT2D eigenvalue weighted by molar-refractivity contribution is 6.31. The van der Waals surface area contributed by atoms with Gasteiger partial charge in [0.1, 0.15) is 17.9 Å². The van der Waals surface area contributed by atoms with Gasteiger partial charge >= 0.3 is 0 Å². The SMILES string of the molecule is CC1(C)C(Oc2ccc(C#N)c(Cl)c2)C(C)(C)C1N1CC=CC=C1N. The molecule has 132 valence electrons. The van der Waals surface area contributed by atoms with Gasteiger partial charge in [0.05, 0.1) is 16.4 Å². The first kappa shape index (κ1) is 17.7. The molecule has 1 fully saturated rings. The zero-order valence-corrected chi connectivity index (χ0v) is 15.8. The quantitative estimate of drug-likeness (QED) is 0.885. The molecular weight excluding hydrogens is 334 g/mol. The Bertz CT molecular complexity index is 773. The van der Waals surface area contributed by atoms with Gasteiger partial charge in [0.25, 0.3) is 0 Å². The fourth-order valence-corrected chi connectivity index (χ4v) is 5.02. The van der Waals surface area contributed by atoms with E-state index in [0.717, 1.165) is 12.4 Å². The van der Waals surface area contributed by atoms with E-state index >= 15 is 0 Å². The number of benzene rings is 1. The summed E-state index contributed by atoms with van der Waals surface area (Å²) in [5, 5.41) is 9.43. The van der Waals surface area contributed by atoms with Crippen molar-refractivity contribution >= 4 is 11.6 Å². The Hall–Kier alpha value is -2.12. The highest BCUT2D eigenvalue weighted by atomic mass is 35.5. The smallest absolute Gasteiger partial charge is 0.121 e. The van der Waals surface area contributed by atoms with Crippen LogP contribution < -0.4 is 10.5 Å². The first-order valence-electron chi connectivity index (χ1n) is 8.45. The lowest BCUT2D eigenvalue weighted by Crippen LogP contribution is -2.74. The summed E-state index contributed by atoms with van der Waals surface area (Å²) < 4.78 is 6.32. The average Bonchev–Trinajstić information content (AvgIpc) is 2.54. The van der Waals surface area contributed by atoms with E-state index in [1.165, 1.54) is 0 Å². The molecule has 0 radical (unpaired) electrons. The third-order valence-electron chi connectivity index (χ3n) is 5.42. The van der Waals surface area contributed by atoms with Crippen LogP contribution in [-0.4, -0.2) is 23.6 Å². The lowest BCUT2D eigenvalue weighted by molar-refractivity contribution is -0.201. The predicted molar refractivity (Wildman–Crippen MR) is 100 cm³/mol. The van der Waals surface area contributed by atoms with Crippen molar-refractivity contribution in [3.05, 3.63) is 52.8 Å². The third kappa shape index (κ3) is 2.77. The van der Waals surface area contributed by atoms with E-state index in [1.807, 2.05) is 18.2 Å². The molecular formula is C20H24ClN3O. The minimum Gasteiger partial charge on any atom is -0.489 e. The molecule has 4 nitrogen and oxygen atoms in total. The first-order chi connectivity index (χ1) is 11.7. The van der Waals surface area contributed by atoms with Crippen LogP contribution in [0.3, 0.4) is 0 Å². The standard InChI is InChI=1S/C20H24ClN3O/c1-19(2)17(24-10-6-5-7-16(24)23)20(3,4)18(19)25-14-9-8-13(12-22)15(21)11-14/h5-9,11,17-18H,10,23H2,1-4H3. The van der Waals surface area contributed by atoms with Crippen LogP contribution in [0.1, 0.15) is 33.3 Å². The molecule has 1 aliphatic carbocycles. The van der Waals surface area contributed by atoms with Crippen LogP contribution in [0.2, 0.25) is 5.02 Å². The summed E-state index contributed by atoms with van der Waals surface area (Å²) in [5.41, 5.74) is 6.50. The Balaban J connectivity index is 1.84. The van der Waals surface area contributed by atoms with Crippen molar-refractivity contribution in [2.45, 2.75) is 39.8 Å². The second-order valence-electron chi connectivity index (χ2n) is 7.97.